The number of rotatable bonds is 6. The Morgan fingerprint density at radius 2 is 1.96 bits per heavy atom. The van der Waals surface area contributed by atoms with Crippen LogP contribution >= 0.6 is 0 Å². The molecule has 146 valence electrons. The van der Waals surface area contributed by atoms with Crippen molar-refractivity contribution in [2.45, 2.75) is 40.2 Å². The van der Waals surface area contributed by atoms with Gasteiger partial charge in [-0.3, -0.25) is 4.79 Å². The highest BCUT2D eigenvalue weighted by Crippen LogP contribution is 2.21. The zero-order chi connectivity index (χ0) is 20.4. The van der Waals surface area contributed by atoms with Crippen molar-refractivity contribution >= 4 is 17.4 Å². The van der Waals surface area contributed by atoms with Crippen molar-refractivity contribution in [2.75, 3.05) is 5.32 Å². The normalized spacial score (nSPS) is 11.0. The summed E-state index contributed by atoms with van der Waals surface area (Å²) in [5.41, 5.74) is 3.07. The van der Waals surface area contributed by atoms with Crippen molar-refractivity contribution < 1.29 is 14.2 Å². The van der Waals surface area contributed by atoms with Crippen LogP contribution in [-0.4, -0.2) is 25.8 Å². The summed E-state index contributed by atoms with van der Waals surface area (Å²) in [6.07, 6.45) is 0. The van der Waals surface area contributed by atoms with Crippen LogP contribution < -0.4 is 5.32 Å². The van der Waals surface area contributed by atoms with Gasteiger partial charge in [0.15, 0.2) is 5.69 Å². The van der Waals surface area contributed by atoms with Gasteiger partial charge in [0.2, 0.25) is 0 Å². The summed E-state index contributed by atoms with van der Waals surface area (Å²) in [5.74, 6) is 0.195. The highest BCUT2D eigenvalue weighted by molar-refractivity contribution is 6.03. The first-order chi connectivity index (χ1) is 13.3. The third-order valence-corrected chi connectivity index (χ3v) is 4.50. The second-order valence-corrected chi connectivity index (χ2v) is 6.86. The van der Waals surface area contributed by atoms with Crippen LogP contribution in [0, 0.1) is 24.0 Å². The van der Waals surface area contributed by atoms with Crippen molar-refractivity contribution in [3.63, 3.8) is 0 Å². The van der Waals surface area contributed by atoms with Crippen molar-refractivity contribution in [2.24, 2.45) is 0 Å². The lowest BCUT2D eigenvalue weighted by Gasteiger charge is -2.08. The van der Waals surface area contributed by atoms with E-state index >= 15 is 0 Å². The zero-order valence-electron chi connectivity index (χ0n) is 16.1. The van der Waals surface area contributed by atoms with Crippen LogP contribution in [0.25, 0.3) is 0 Å². The van der Waals surface area contributed by atoms with Crippen molar-refractivity contribution in [3.05, 3.63) is 68.7 Å². The molecule has 2 aromatic heterocycles. The van der Waals surface area contributed by atoms with Crippen molar-refractivity contribution in [3.8, 4) is 0 Å². The number of nitrogens with one attached hydrogen (secondary N) is 1. The van der Waals surface area contributed by atoms with E-state index in [0.29, 0.717) is 28.6 Å². The zero-order valence-corrected chi connectivity index (χ0v) is 16.1. The maximum atomic E-state index is 12.7. The minimum Gasteiger partial charge on any atom is -0.361 e. The van der Waals surface area contributed by atoms with Gasteiger partial charge in [0, 0.05) is 5.69 Å². The van der Waals surface area contributed by atoms with Crippen LogP contribution in [0.1, 0.15) is 52.8 Å². The lowest BCUT2D eigenvalue weighted by atomic mass is 10.0. The van der Waals surface area contributed by atoms with Crippen LogP contribution in [0.4, 0.5) is 11.5 Å². The number of hydrogen-bond acceptors (Lipinski definition) is 6. The first-order valence-corrected chi connectivity index (χ1v) is 8.81. The fourth-order valence-corrected chi connectivity index (χ4v) is 2.79. The van der Waals surface area contributed by atoms with E-state index in [9.17, 15) is 14.9 Å². The molecular formula is C19H21N5O4. The van der Waals surface area contributed by atoms with Crippen LogP contribution in [0.5, 0.6) is 0 Å². The first-order valence-electron chi connectivity index (χ1n) is 8.81. The number of aromatic nitrogens is 3. The number of nitrogens with zero attached hydrogens (tertiary/aromatic N) is 4. The standard InChI is InChI=1S/C19H21N5O4/c1-11(2)14-5-7-15(8-6-14)20-19(25)18-16(13(4)28-22-18)10-23-12(3)9-17(21-23)24(26)27/h5-9,11H,10H2,1-4H3,(H,20,25). The van der Waals surface area contributed by atoms with Gasteiger partial charge in [-0.15, -0.1) is 0 Å². The van der Waals surface area contributed by atoms with Gasteiger partial charge in [0.05, 0.1) is 29.0 Å². The van der Waals surface area contributed by atoms with Crippen molar-refractivity contribution in [1.29, 1.82) is 0 Å². The highest BCUT2D eigenvalue weighted by atomic mass is 16.6. The molecule has 0 saturated heterocycles. The SMILES string of the molecule is Cc1onc(C(=O)Nc2ccc(C(C)C)cc2)c1Cn1nc([N+](=O)[O-])cc1C. The average Bonchev–Trinajstić information content (AvgIpc) is 3.19. The molecule has 0 aliphatic heterocycles. The molecule has 0 fully saturated rings. The minimum atomic E-state index is -0.557. The van der Waals surface area contributed by atoms with E-state index in [2.05, 4.69) is 29.4 Å². The molecule has 1 aromatic carbocycles. The van der Waals surface area contributed by atoms with E-state index in [-0.39, 0.29) is 18.1 Å². The molecule has 0 aliphatic carbocycles. The van der Waals surface area contributed by atoms with E-state index in [1.54, 1.807) is 13.8 Å². The highest BCUT2D eigenvalue weighted by Gasteiger charge is 2.24. The summed E-state index contributed by atoms with van der Waals surface area (Å²) >= 11 is 0. The lowest BCUT2D eigenvalue weighted by Crippen LogP contribution is -2.16. The second-order valence-electron chi connectivity index (χ2n) is 6.86. The number of hydrogen-bond donors (Lipinski definition) is 1. The van der Waals surface area contributed by atoms with E-state index in [1.807, 2.05) is 24.3 Å². The Bertz CT molecular complexity index is 1020. The number of carbonyl (C=O) groups is 1. The quantitative estimate of drug-likeness (QED) is 0.511. The Morgan fingerprint density at radius 1 is 1.29 bits per heavy atom. The number of anilines is 1. The van der Waals surface area contributed by atoms with E-state index in [4.69, 9.17) is 4.52 Å². The van der Waals surface area contributed by atoms with Crippen LogP contribution in [0.15, 0.2) is 34.9 Å². The van der Waals surface area contributed by atoms with Gasteiger partial charge in [0.1, 0.15) is 5.76 Å². The maximum absolute atomic E-state index is 12.7. The summed E-state index contributed by atoms with van der Waals surface area (Å²) in [4.78, 5) is 23.0. The molecule has 0 bridgehead atoms. The molecule has 0 unspecified atom stereocenters. The van der Waals surface area contributed by atoms with Gasteiger partial charge in [0.25, 0.3) is 5.91 Å². The molecule has 9 nitrogen and oxygen atoms in total. The van der Waals surface area contributed by atoms with Gasteiger partial charge in [-0.2, -0.15) is 4.68 Å². The van der Waals surface area contributed by atoms with Crippen LogP contribution in [0.2, 0.25) is 0 Å². The van der Waals surface area contributed by atoms with Gasteiger partial charge in [-0.05, 0) is 42.4 Å². The fraction of sp³-hybridized carbons (Fsp3) is 0.316. The Kier molecular flexibility index (Phi) is 5.25. The van der Waals surface area contributed by atoms with Crippen LogP contribution in [0.3, 0.4) is 0 Å². The smallest absolute Gasteiger partial charge is 0.361 e. The molecule has 2 heterocycles. The molecule has 28 heavy (non-hydrogen) atoms. The first kappa shape index (κ1) is 19.3. The summed E-state index contributed by atoms with van der Waals surface area (Å²) in [6.45, 7) is 7.73. The Hall–Kier alpha value is -3.49. The van der Waals surface area contributed by atoms with E-state index < -0.39 is 10.8 Å². The number of benzene rings is 1. The third-order valence-electron chi connectivity index (χ3n) is 4.50. The van der Waals surface area contributed by atoms with E-state index in [1.165, 1.54) is 16.3 Å². The summed E-state index contributed by atoms with van der Waals surface area (Å²) in [7, 11) is 0. The topological polar surface area (TPSA) is 116 Å². The molecule has 9 heteroatoms. The van der Waals surface area contributed by atoms with Gasteiger partial charge in [-0.1, -0.05) is 31.1 Å². The molecule has 0 aliphatic rings. The predicted octanol–water partition coefficient (Wildman–Crippen LogP) is 3.82. The molecule has 3 rings (SSSR count). The third kappa shape index (κ3) is 3.93. The largest absolute Gasteiger partial charge is 0.390 e. The molecule has 3 aromatic rings. The van der Waals surface area contributed by atoms with Gasteiger partial charge >= 0.3 is 5.82 Å². The molecule has 0 atom stereocenters. The Morgan fingerprint density at radius 3 is 2.54 bits per heavy atom. The summed E-state index contributed by atoms with van der Waals surface area (Å²) < 4.78 is 6.64. The number of nitro groups is 1. The number of aryl methyl sites for hydroxylation is 2. The summed E-state index contributed by atoms with van der Waals surface area (Å²) in [5, 5.41) is 21.5. The second kappa shape index (κ2) is 7.63. The molecular weight excluding hydrogens is 362 g/mol. The van der Waals surface area contributed by atoms with Crippen molar-refractivity contribution in [1.82, 2.24) is 14.9 Å². The van der Waals surface area contributed by atoms with Gasteiger partial charge in [-0.25, -0.2) is 0 Å². The fourth-order valence-electron chi connectivity index (χ4n) is 2.79. The predicted molar refractivity (Wildman–Crippen MR) is 102 cm³/mol. The van der Waals surface area contributed by atoms with Crippen LogP contribution in [-0.2, 0) is 6.54 Å². The Labute approximate surface area is 161 Å². The monoisotopic (exact) mass is 383 g/mol. The van der Waals surface area contributed by atoms with E-state index in [0.717, 1.165) is 0 Å². The molecule has 0 saturated carbocycles. The maximum Gasteiger partial charge on any atom is 0.390 e. The Balaban J connectivity index is 1.82. The molecule has 1 amide bonds. The molecule has 1 N–H and O–H groups in total. The number of amides is 1. The summed E-state index contributed by atoms with van der Waals surface area (Å²) in [6, 6.07) is 8.96. The molecule has 0 spiro atoms. The molecule has 0 radical (unpaired) electrons. The average molecular weight is 383 g/mol. The number of carbonyl (C=O) groups excluding carboxylic acids is 1. The lowest BCUT2D eigenvalue weighted by molar-refractivity contribution is -0.389. The minimum absolute atomic E-state index is 0.128. The van der Waals surface area contributed by atoms with Gasteiger partial charge < -0.3 is 20.0 Å².